The summed E-state index contributed by atoms with van der Waals surface area (Å²) in [5, 5.41) is 3.23. The summed E-state index contributed by atoms with van der Waals surface area (Å²) in [6, 6.07) is 2.90. The lowest BCUT2D eigenvalue weighted by Crippen LogP contribution is -2.45. The quantitative estimate of drug-likeness (QED) is 0.640. The van der Waals surface area contributed by atoms with Crippen LogP contribution in [0.5, 0.6) is 11.6 Å². The van der Waals surface area contributed by atoms with Crippen molar-refractivity contribution in [3.63, 3.8) is 0 Å². The second kappa shape index (κ2) is 9.73. The maximum atomic E-state index is 15.2. The highest BCUT2D eigenvalue weighted by molar-refractivity contribution is 6.05. The standard InChI is InChI=1S/C26H30F2N6O/c1-4-5-17-12-21(29-15-17)30-22-14-23(32-26(31-22)34-8-6-33(3)7-9-34)35-25-20(27)13-18-10-16(2)11-19(18)24(25)28/h11-14H,4-10,15H2,1-3H3,(H,29,30,31,32). The number of amidine groups is 1. The zero-order valence-electron chi connectivity index (χ0n) is 20.4. The smallest absolute Gasteiger partial charge is 0.230 e. The number of rotatable bonds is 6. The van der Waals surface area contributed by atoms with Gasteiger partial charge in [0, 0.05) is 37.8 Å². The van der Waals surface area contributed by atoms with Crippen LogP contribution >= 0.6 is 0 Å². The maximum Gasteiger partial charge on any atom is 0.230 e. The van der Waals surface area contributed by atoms with Crippen molar-refractivity contribution in [2.75, 3.05) is 50.0 Å². The number of nitrogens with one attached hydrogen (secondary N) is 1. The van der Waals surface area contributed by atoms with Crippen molar-refractivity contribution in [2.45, 2.75) is 33.1 Å². The Labute approximate surface area is 204 Å². The van der Waals surface area contributed by atoms with Gasteiger partial charge in [-0.25, -0.2) is 8.78 Å². The van der Waals surface area contributed by atoms with Crippen LogP contribution in [0.25, 0.3) is 6.08 Å². The minimum absolute atomic E-state index is 0.0734. The summed E-state index contributed by atoms with van der Waals surface area (Å²) in [4.78, 5) is 18.0. The van der Waals surface area contributed by atoms with Gasteiger partial charge in [-0.2, -0.15) is 9.97 Å². The SMILES string of the molecule is CCCC1=CC(Nc2cc(Oc3c(F)cc4c(c3F)C=C(C)C4)nc(N3CCN(C)CC3)n2)=NC1. The van der Waals surface area contributed by atoms with E-state index >= 15 is 4.39 Å². The minimum atomic E-state index is -0.745. The van der Waals surface area contributed by atoms with Crippen LogP contribution in [0.4, 0.5) is 20.5 Å². The number of piperazine rings is 1. The van der Waals surface area contributed by atoms with E-state index in [0.29, 0.717) is 41.7 Å². The van der Waals surface area contributed by atoms with Crippen molar-refractivity contribution < 1.29 is 13.5 Å². The molecule has 7 nitrogen and oxygen atoms in total. The largest absolute Gasteiger partial charge is 0.433 e. The van der Waals surface area contributed by atoms with E-state index < -0.39 is 17.4 Å². The van der Waals surface area contributed by atoms with E-state index in [1.807, 2.05) is 17.9 Å². The second-order valence-corrected chi connectivity index (χ2v) is 9.40. The normalized spacial score (nSPS) is 17.7. The highest BCUT2D eigenvalue weighted by Crippen LogP contribution is 2.37. The molecule has 0 atom stereocenters. The summed E-state index contributed by atoms with van der Waals surface area (Å²) >= 11 is 0. The number of benzene rings is 1. The zero-order valence-corrected chi connectivity index (χ0v) is 20.4. The lowest BCUT2D eigenvalue weighted by Gasteiger charge is -2.32. The average Bonchev–Trinajstić information content (AvgIpc) is 3.42. The van der Waals surface area contributed by atoms with Gasteiger partial charge >= 0.3 is 0 Å². The molecular formula is C26H30F2N6O. The highest BCUT2D eigenvalue weighted by Gasteiger charge is 2.25. The number of aromatic nitrogens is 2. The Balaban J connectivity index is 1.47. The fourth-order valence-corrected chi connectivity index (χ4v) is 4.59. The Morgan fingerprint density at radius 2 is 1.89 bits per heavy atom. The number of aliphatic imine (C=N–C) groups is 1. The monoisotopic (exact) mass is 480 g/mol. The number of nitrogens with zero attached hydrogens (tertiary/aromatic N) is 5. The maximum absolute atomic E-state index is 15.2. The Morgan fingerprint density at radius 3 is 2.66 bits per heavy atom. The molecule has 0 unspecified atom stereocenters. The van der Waals surface area contributed by atoms with E-state index in [0.717, 1.165) is 44.6 Å². The van der Waals surface area contributed by atoms with Crippen LogP contribution in [0.1, 0.15) is 37.8 Å². The van der Waals surface area contributed by atoms with Gasteiger partial charge in [-0.1, -0.05) is 25.0 Å². The molecule has 0 bridgehead atoms. The topological polar surface area (TPSA) is 65.9 Å². The van der Waals surface area contributed by atoms with Crippen molar-refractivity contribution in [2.24, 2.45) is 4.99 Å². The molecule has 5 rings (SSSR count). The summed E-state index contributed by atoms with van der Waals surface area (Å²) in [5.41, 5.74) is 3.24. The molecule has 3 aliphatic rings. The lowest BCUT2D eigenvalue weighted by molar-refractivity contribution is 0.310. The van der Waals surface area contributed by atoms with Gasteiger partial charge in [-0.3, -0.25) is 4.99 Å². The number of likely N-dealkylation sites (N-methyl/N-ethyl adjacent to an activating group) is 1. The van der Waals surface area contributed by atoms with Gasteiger partial charge in [-0.15, -0.1) is 0 Å². The predicted octanol–water partition coefficient (Wildman–Crippen LogP) is 4.81. The van der Waals surface area contributed by atoms with Crippen molar-refractivity contribution in [1.29, 1.82) is 0 Å². The third-order valence-corrected chi connectivity index (χ3v) is 6.46. The van der Waals surface area contributed by atoms with E-state index in [4.69, 9.17) is 4.74 Å². The highest BCUT2D eigenvalue weighted by atomic mass is 19.1. The van der Waals surface area contributed by atoms with Gasteiger partial charge in [0.2, 0.25) is 17.6 Å². The fourth-order valence-electron chi connectivity index (χ4n) is 4.59. The first-order valence-corrected chi connectivity index (χ1v) is 12.1. The van der Waals surface area contributed by atoms with E-state index in [-0.39, 0.29) is 5.88 Å². The number of allylic oxidation sites excluding steroid dienone is 1. The number of hydrogen-bond acceptors (Lipinski definition) is 7. The first-order valence-electron chi connectivity index (χ1n) is 12.1. The van der Waals surface area contributed by atoms with Gasteiger partial charge in [0.15, 0.2) is 11.6 Å². The Morgan fingerprint density at radius 1 is 1.09 bits per heavy atom. The number of hydrogen-bond donors (Lipinski definition) is 1. The van der Waals surface area contributed by atoms with Crippen molar-refractivity contribution in [3.8, 4) is 11.6 Å². The average molecular weight is 481 g/mol. The van der Waals surface area contributed by atoms with Crippen molar-refractivity contribution in [3.05, 3.63) is 52.1 Å². The molecule has 1 aromatic heterocycles. The summed E-state index contributed by atoms with van der Waals surface area (Å²) < 4.78 is 35.8. The third kappa shape index (κ3) is 5.05. The molecule has 2 aromatic rings. The van der Waals surface area contributed by atoms with Crippen LogP contribution in [0, 0.1) is 11.6 Å². The van der Waals surface area contributed by atoms with Crippen LogP contribution in [-0.4, -0.2) is 60.5 Å². The van der Waals surface area contributed by atoms with Crippen molar-refractivity contribution in [1.82, 2.24) is 14.9 Å². The molecule has 0 saturated carbocycles. The summed E-state index contributed by atoms with van der Waals surface area (Å²) in [6.45, 7) is 7.92. The van der Waals surface area contributed by atoms with E-state index in [9.17, 15) is 4.39 Å². The lowest BCUT2D eigenvalue weighted by atomic mass is 10.1. The molecule has 184 valence electrons. The third-order valence-electron chi connectivity index (χ3n) is 6.46. The molecule has 1 aliphatic carbocycles. The van der Waals surface area contributed by atoms with Crippen LogP contribution < -0.4 is 15.0 Å². The molecule has 35 heavy (non-hydrogen) atoms. The van der Waals surface area contributed by atoms with Crippen LogP contribution in [-0.2, 0) is 6.42 Å². The molecule has 1 N–H and O–H groups in total. The number of anilines is 2. The molecule has 1 fully saturated rings. The predicted molar refractivity (Wildman–Crippen MR) is 134 cm³/mol. The molecule has 1 saturated heterocycles. The molecule has 9 heteroatoms. The van der Waals surface area contributed by atoms with Gasteiger partial charge < -0.3 is 19.9 Å². The van der Waals surface area contributed by atoms with Crippen LogP contribution in [0.3, 0.4) is 0 Å². The first-order chi connectivity index (χ1) is 16.9. The molecule has 0 spiro atoms. The summed E-state index contributed by atoms with van der Waals surface area (Å²) in [7, 11) is 2.07. The molecular weight excluding hydrogens is 450 g/mol. The van der Waals surface area contributed by atoms with E-state index in [2.05, 4.69) is 39.1 Å². The summed E-state index contributed by atoms with van der Waals surface area (Å²) in [5.74, 6) is -0.208. The van der Waals surface area contributed by atoms with Crippen LogP contribution in [0.2, 0.25) is 0 Å². The van der Waals surface area contributed by atoms with Gasteiger partial charge in [0.1, 0.15) is 11.7 Å². The Bertz CT molecular complexity index is 1230. The fraction of sp³-hybridized carbons (Fsp3) is 0.423. The minimum Gasteiger partial charge on any atom is -0.433 e. The van der Waals surface area contributed by atoms with Gasteiger partial charge in [-0.05, 0) is 50.1 Å². The number of ether oxygens (including phenoxy) is 1. The Hall–Kier alpha value is -3.33. The molecule has 1 aromatic carbocycles. The molecule has 0 radical (unpaired) electrons. The van der Waals surface area contributed by atoms with E-state index in [1.165, 1.54) is 11.6 Å². The molecule has 3 heterocycles. The Kier molecular flexibility index (Phi) is 6.51. The van der Waals surface area contributed by atoms with Crippen LogP contribution in [0.15, 0.2) is 34.3 Å². The van der Waals surface area contributed by atoms with Gasteiger partial charge in [0.05, 0.1) is 6.54 Å². The molecule has 2 aliphatic heterocycles. The summed E-state index contributed by atoms with van der Waals surface area (Å²) in [6.07, 6.45) is 6.34. The van der Waals surface area contributed by atoms with E-state index in [1.54, 1.807) is 12.1 Å². The number of halogens is 2. The molecule has 0 amide bonds. The zero-order chi connectivity index (χ0) is 24.5. The van der Waals surface area contributed by atoms with Crippen molar-refractivity contribution >= 4 is 23.7 Å². The van der Waals surface area contributed by atoms with Gasteiger partial charge in [0.25, 0.3) is 0 Å². The number of fused-ring (bicyclic) bond motifs is 1. The first kappa shape index (κ1) is 23.4. The second-order valence-electron chi connectivity index (χ2n) is 9.40.